The molecule has 0 aromatic carbocycles. The minimum atomic E-state index is 1.00. The topological polar surface area (TPSA) is 40.5 Å². The number of aliphatic hydroxyl groups is 2. The highest BCUT2D eigenvalue weighted by atomic mass is 16.2. The molecule has 0 aromatic heterocycles. The third-order valence-corrected chi connectivity index (χ3v) is 2.41. The highest BCUT2D eigenvalue weighted by Crippen LogP contribution is 2.00. The van der Waals surface area contributed by atoms with Gasteiger partial charge < -0.3 is 10.2 Å². The average molecular weight is 264 g/mol. The maximum atomic E-state index is 7.00. The van der Waals surface area contributed by atoms with Gasteiger partial charge in [-0.25, -0.2) is 0 Å². The minimum absolute atomic E-state index is 1.00. The van der Waals surface area contributed by atoms with E-state index in [1.807, 2.05) is 0 Å². The molecular weight excluding hydrogens is 224 g/mol. The molecule has 0 heterocycles. The monoisotopic (exact) mass is 264 g/mol. The van der Waals surface area contributed by atoms with Crippen molar-refractivity contribution in [1.29, 1.82) is 0 Å². The summed E-state index contributed by atoms with van der Waals surface area (Å²) in [6.45, 7) is 8.98. The lowest BCUT2D eigenvalue weighted by Crippen LogP contribution is -1.70. The van der Waals surface area contributed by atoms with Crippen LogP contribution < -0.4 is 0 Å². The predicted octanol–water partition coefficient (Wildman–Crippen LogP) is 5.17. The number of unbranched alkanes of at least 4 members (excludes halogenated alkanes) is 8. The van der Waals surface area contributed by atoms with Gasteiger partial charge in [0.05, 0.1) is 0 Å². The molecule has 0 bridgehead atoms. The molecule has 0 saturated heterocycles. The van der Waals surface area contributed by atoms with Crippen LogP contribution in [0.1, 0.15) is 91.9 Å². The largest absolute Gasteiger partial charge is 0.400 e. The average Bonchev–Trinajstić information content (AvgIpc) is 2.45. The lowest BCUT2D eigenvalue weighted by Gasteiger charge is -1.90. The van der Waals surface area contributed by atoms with E-state index in [0.717, 1.165) is 14.2 Å². The number of aliphatic hydroxyl groups excluding tert-OH is 2. The van der Waals surface area contributed by atoms with Gasteiger partial charge in [0.2, 0.25) is 0 Å². The molecule has 0 aromatic rings. The quantitative estimate of drug-likeness (QED) is 0.594. The van der Waals surface area contributed by atoms with E-state index >= 15 is 0 Å². The van der Waals surface area contributed by atoms with Gasteiger partial charge in [0.15, 0.2) is 0 Å². The molecule has 0 spiro atoms. The molecule has 0 amide bonds. The van der Waals surface area contributed by atoms with Crippen molar-refractivity contribution >= 4 is 0 Å². The first-order chi connectivity index (χ1) is 8.83. The predicted molar refractivity (Wildman–Crippen MR) is 85.2 cm³/mol. The number of hydrogen-bond acceptors (Lipinski definition) is 2. The zero-order valence-electron chi connectivity index (χ0n) is 14.0. The summed E-state index contributed by atoms with van der Waals surface area (Å²) in [5.74, 6) is 0. The Balaban J connectivity index is -0.0000000851. The Morgan fingerprint density at radius 2 is 0.556 bits per heavy atom. The van der Waals surface area contributed by atoms with Crippen molar-refractivity contribution in [2.45, 2.75) is 91.9 Å². The zero-order valence-corrected chi connectivity index (χ0v) is 14.0. The summed E-state index contributed by atoms with van der Waals surface area (Å²) in [4.78, 5) is 0. The van der Waals surface area contributed by atoms with Crippen LogP contribution in [0.4, 0.5) is 0 Å². The van der Waals surface area contributed by atoms with Gasteiger partial charge in [0, 0.05) is 14.2 Å². The van der Waals surface area contributed by atoms with Crippen molar-refractivity contribution in [3.63, 3.8) is 0 Å². The van der Waals surface area contributed by atoms with E-state index in [2.05, 4.69) is 27.7 Å². The SMILES string of the molecule is CCCCCCC.CCCCCCC.CO.CO. The van der Waals surface area contributed by atoms with Crippen LogP contribution in [-0.2, 0) is 0 Å². The van der Waals surface area contributed by atoms with Gasteiger partial charge in [-0.2, -0.15) is 0 Å². The molecule has 116 valence electrons. The molecule has 2 heteroatoms. The van der Waals surface area contributed by atoms with Crippen LogP contribution in [0.5, 0.6) is 0 Å². The first kappa shape index (κ1) is 26.5. The summed E-state index contributed by atoms with van der Waals surface area (Å²) in [6, 6.07) is 0. The maximum Gasteiger partial charge on any atom is 0.0319 e. The van der Waals surface area contributed by atoms with E-state index in [0.29, 0.717) is 0 Å². The van der Waals surface area contributed by atoms with Crippen molar-refractivity contribution < 1.29 is 10.2 Å². The van der Waals surface area contributed by atoms with Crippen molar-refractivity contribution in [1.82, 2.24) is 0 Å². The van der Waals surface area contributed by atoms with Crippen LogP contribution in [0.2, 0.25) is 0 Å². The van der Waals surface area contributed by atoms with Crippen LogP contribution in [0.15, 0.2) is 0 Å². The van der Waals surface area contributed by atoms with Gasteiger partial charge in [-0.1, -0.05) is 91.9 Å². The van der Waals surface area contributed by atoms with E-state index in [-0.39, 0.29) is 0 Å². The zero-order chi connectivity index (χ0) is 15.1. The fourth-order valence-electron chi connectivity index (χ4n) is 1.35. The van der Waals surface area contributed by atoms with Crippen molar-refractivity contribution in [2.24, 2.45) is 0 Å². The second-order valence-corrected chi connectivity index (χ2v) is 4.12. The highest BCUT2D eigenvalue weighted by Gasteiger charge is 1.80. The Kier molecular flexibility index (Phi) is 64.1. The summed E-state index contributed by atoms with van der Waals surface area (Å²) in [7, 11) is 2.00. The Morgan fingerprint density at radius 1 is 0.389 bits per heavy atom. The van der Waals surface area contributed by atoms with Crippen molar-refractivity contribution in [2.75, 3.05) is 14.2 Å². The smallest absolute Gasteiger partial charge is 0.0319 e. The molecule has 0 aliphatic carbocycles. The van der Waals surface area contributed by atoms with Gasteiger partial charge >= 0.3 is 0 Å². The maximum absolute atomic E-state index is 7.00. The van der Waals surface area contributed by atoms with E-state index in [1.165, 1.54) is 64.2 Å². The van der Waals surface area contributed by atoms with Gasteiger partial charge in [-0.05, 0) is 0 Å². The lowest BCUT2D eigenvalue weighted by molar-refractivity contribution is 0.399. The Morgan fingerprint density at radius 3 is 0.667 bits per heavy atom. The second kappa shape index (κ2) is 43.6. The summed E-state index contributed by atoms with van der Waals surface area (Å²) < 4.78 is 0. The molecule has 0 atom stereocenters. The van der Waals surface area contributed by atoms with Crippen LogP contribution in [0.25, 0.3) is 0 Å². The second-order valence-electron chi connectivity index (χ2n) is 4.12. The van der Waals surface area contributed by atoms with E-state index in [9.17, 15) is 0 Å². The molecule has 0 aliphatic rings. The fraction of sp³-hybridized carbons (Fsp3) is 1.00. The molecule has 0 rings (SSSR count). The van der Waals surface area contributed by atoms with E-state index < -0.39 is 0 Å². The van der Waals surface area contributed by atoms with E-state index in [1.54, 1.807) is 0 Å². The third-order valence-electron chi connectivity index (χ3n) is 2.41. The number of hydrogen-bond donors (Lipinski definition) is 2. The first-order valence-corrected chi connectivity index (χ1v) is 7.72. The normalized spacial score (nSPS) is 8.00. The Hall–Kier alpha value is -0.0800. The summed E-state index contributed by atoms with van der Waals surface area (Å²) >= 11 is 0. The molecule has 2 N–H and O–H groups in total. The van der Waals surface area contributed by atoms with Crippen molar-refractivity contribution in [3.05, 3.63) is 0 Å². The minimum Gasteiger partial charge on any atom is -0.400 e. The molecule has 2 nitrogen and oxygen atoms in total. The molecule has 0 fully saturated rings. The van der Waals surface area contributed by atoms with Crippen molar-refractivity contribution in [3.8, 4) is 0 Å². The fourth-order valence-corrected chi connectivity index (χ4v) is 1.35. The van der Waals surface area contributed by atoms with Gasteiger partial charge in [0.25, 0.3) is 0 Å². The van der Waals surface area contributed by atoms with Crippen LogP contribution >= 0.6 is 0 Å². The lowest BCUT2D eigenvalue weighted by atomic mass is 10.2. The van der Waals surface area contributed by atoms with Gasteiger partial charge in [0.1, 0.15) is 0 Å². The highest BCUT2D eigenvalue weighted by molar-refractivity contribution is 4.36. The van der Waals surface area contributed by atoms with Gasteiger partial charge in [-0.15, -0.1) is 0 Å². The van der Waals surface area contributed by atoms with Crippen LogP contribution in [0, 0.1) is 0 Å². The Labute approximate surface area is 117 Å². The molecule has 0 unspecified atom stereocenters. The molecule has 0 saturated carbocycles. The third kappa shape index (κ3) is 56.5. The van der Waals surface area contributed by atoms with Crippen LogP contribution in [-0.4, -0.2) is 24.4 Å². The summed E-state index contributed by atoms with van der Waals surface area (Å²) in [5, 5.41) is 14.0. The standard InChI is InChI=1S/2C7H16.2CH4O/c2*1-3-5-7-6-4-2;2*1-2/h2*3-7H2,1-2H3;2*2H,1H3. The number of rotatable bonds is 8. The molecule has 0 radical (unpaired) electrons. The summed E-state index contributed by atoms with van der Waals surface area (Å²) in [5.41, 5.74) is 0. The van der Waals surface area contributed by atoms with Crippen LogP contribution in [0.3, 0.4) is 0 Å². The van der Waals surface area contributed by atoms with E-state index in [4.69, 9.17) is 10.2 Å². The molecular formula is C16H40O2. The Bertz CT molecular complexity index is 57.5. The van der Waals surface area contributed by atoms with Gasteiger partial charge in [-0.3, -0.25) is 0 Å². The molecule has 18 heavy (non-hydrogen) atoms. The molecule has 0 aliphatic heterocycles. The summed E-state index contributed by atoms with van der Waals surface area (Å²) in [6.07, 6.45) is 14.0. The first-order valence-electron chi connectivity index (χ1n) is 7.72.